The number of aryl methyl sites for hydroxylation is 2. The SMILES string of the molecule is Cc1ccc(C(Cc2ccccc2C)NN)cc1Cl. The first kappa shape index (κ1) is 14.1. The lowest BCUT2D eigenvalue weighted by atomic mass is 9.96. The summed E-state index contributed by atoms with van der Waals surface area (Å²) >= 11 is 6.18. The van der Waals surface area contributed by atoms with Crippen molar-refractivity contribution in [2.45, 2.75) is 26.3 Å². The molecule has 1 atom stereocenters. The summed E-state index contributed by atoms with van der Waals surface area (Å²) in [5.74, 6) is 5.70. The van der Waals surface area contributed by atoms with Gasteiger partial charge in [0, 0.05) is 5.02 Å². The summed E-state index contributed by atoms with van der Waals surface area (Å²) in [6.45, 7) is 4.11. The Morgan fingerprint density at radius 1 is 1.11 bits per heavy atom. The molecule has 2 aromatic carbocycles. The summed E-state index contributed by atoms with van der Waals surface area (Å²) in [4.78, 5) is 0. The second kappa shape index (κ2) is 6.20. The van der Waals surface area contributed by atoms with Crippen molar-refractivity contribution in [3.05, 3.63) is 69.7 Å². The Labute approximate surface area is 119 Å². The van der Waals surface area contributed by atoms with Gasteiger partial charge in [-0.3, -0.25) is 11.3 Å². The fourth-order valence-corrected chi connectivity index (χ4v) is 2.35. The van der Waals surface area contributed by atoms with E-state index in [2.05, 4.69) is 36.6 Å². The number of rotatable bonds is 4. The van der Waals surface area contributed by atoms with Crippen LogP contribution in [0.1, 0.15) is 28.3 Å². The molecule has 0 saturated carbocycles. The second-order valence-electron chi connectivity index (χ2n) is 4.86. The van der Waals surface area contributed by atoms with Gasteiger partial charge in [-0.15, -0.1) is 0 Å². The molecule has 2 aromatic rings. The van der Waals surface area contributed by atoms with Crippen molar-refractivity contribution in [2.24, 2.45) is 5.84 Å². The predicted molar refractivity (Wildman–Crippen MR) is 81.1 cm³/mol. The van der Waals surface area contributed by atoms with E-state index in [1.54, 1.807) is 0 Å². The summed E-state index contributed by atoms with van der Waals surface area (Å²) in [5.41, 5.74) is 7.65. The molecule has 0 amide bonds. The van der Waals surface area contributed by atoms with Crippen molar-refractivity contribution in [2.75, 3.05) is 0 Å². The lowest BCUT2D eigenvalue weighted by Gasteiger charge is -2.18. The molecule has 0 heterocycles. The zero-order valence-corrected chi connectivity index (χ0v) is 12.0. The Bertz CT molecular complexity index is 566. The molecule has 0 aliphatic heterocycles. The highest BCUT2D eigenvalue weighted by molar-refractivity contribution is 6.31. The summed E-state index contributed by atoms with van der Waals surface area (Å²) in [6, 6.07) is 14.5. The Kier molecular flexibility index (Phi) is 4.59. The maximum atomic E-state index is 6.18. The Morgan fingerprint density at radius 3 is 2.47 bits per heavy atom. The fourth-order valence-electron chi connectivity index (χ4n) is 2.16. The highest BCUT2D eigenvalue weighted by atomic mass is 35.5. The summed E-state index contributed by atoms with van der Waals surface area (Å²) < 4.78 is 0. The van der Waals surface area contributed by atoms with Gasteiger partial charge in [0.05, 0.1) is 6.04 Å². The normalized spacial score (nSPS) is 12.4. The first-order valence-corrected chi connectivity index (χ1v) is 6.76. The van der Waals surface area contributed by atoms with Gasteiger partial charge in [-0.1, -0.05) is 48.0 Å². The van der Waals surface area contributed by atoms with Gasteiger partial charge in [-0.05, 0) is 48.6 Å². The average molecular weight is 275 g/mol. The van der Waals surface area contributed by atoms with Crippen molar-refractivity contribution in [1.29, 1.82) is 0 Å². The molecule has 0 aromatic heterocycles. The second-order valence-corrected chi connectivity index (χ2v) is 5.27. The molecule has 0 aliphatic carbocycles. The van der Waals surface area contributed by atoms with E-state index in [-0.39, 0.29) is 6.04 Å². The van der Waals surface area contributed by atoms with Crippen molar-refractivity contribution in [1.82, 2.24) is 5.43 Å². The zero-order chi connectivity index (χ0) is 13.8. The molecular formula is C16H19ClN2. The van der Waals surface area contributed by atoms with Gasteiger partial charge in [0.1, 0.15) is 0 Å². The molecule has 3 heteroatoms. The third kappa shape index (κ3) is 3.35. The van der Waals surface area contributed by atoms with Crippen LogP contribution in [0.4, 0.5) is 0 Å². The van der Waals surface area contributed by atoms with Crippen LogP contribution in [0, 0.1) is 13.8 Å². The van der Waals surface area contributed by atoms with Crippen LogP contribution in [-0.2, 0) is 6.42 Å². The molecule has 0 bridgehead atoms. The maximum Gasteiger partial charge on any atom is 0.0500 e. The minimum absolute atomic E-state index is 0.0687. The van der Waals surface area contributed by atoms with Gasteiger partial charge in [-0.25, -0.2) is 0 Å². The Hall–Kier alpha value is -1.35. The maximum absolute atomic E-state index is 6.18. The molecule has 0 fully saturated rings. The van der Waals surface area contributed by atoms with Crippen LogP contribution >= 0.6 is 11.6 Å². The molecule has 0 spiro atoms. The molecule has 19 heavy (non-hydrogen) atoms. The number of hydrogen-bond donors (Lipinski definition) is 2. The zero-order valence-electron chi connectivity index (χ0n) is 11.3. The van der Waals surface area contributed by atoms with E-state index >= 15 is 0 Å². The van der Waals surface area contributed by atoms with Crippen molar-refractivity contribution >= 4 is 11.6 Å². The average Bonchev–Trinajstić information content (AvgIpc) is 2.41. The molecule has 100 valence electrons. The third-order valence-corrected chi connectivity index (χ3v) is 3.89. The molecule has 3 N–H and O–H groups in total. The highest BCUT2D eigenvalue weighted by Gasteiger charge is 2.12. The minimum Gasteiger partial charge on any atom is -0.271 e. The van der Waals surface area contributed by atoms with Crippen LogP contribution in [0.15, 0.2) is 42.5 Å². The van der Waals surface area contributed by atoms with E-state index in [0.29, 0.717) is 0 Å². The molecule has 0 radical (unpaired) electrons. The summed E-state index contributed by atoms with van der Waals surface area (Å²) in [6.07, 6.45) is 0.850. The number of halogens is 1. The van der Waals surface area contributed by atoms with E-state index < -0.39 is 0 Å². The third-order valence-electron chi connectivity index (χ3n) is 3.48. The molecular weight excluding hydrogens is 256 g/mol. The number of hydrogen-bond acceptors (Lipinski definition) is 2. The van der Waals surface area contributed by atoms with Gasteiger partial charge >= 0.3 is 0 Å². The smallest absolute Gasteiger partial charge is 0.0500 e. The van der Waals surface area contributed by atoms with Gasteiger partial charge in [0.2, 0.25) is 0 Å². The monoisotopic (exact) mass is 274 g/mol. The highest BCUT2D eigenvalue weighted by Crippen LogP contribution is 2.24. The van der Waals surface area contributed by atoms with Crippen LogP contribution < -0.4 is 11.3 Å². The van der Waals surface area contributed by atoms with Gasteiger partial charge in [0.25, 0.3) is 0 Å². The van der Waals surface area contributed by atoms with Crippen molar-refractivity contribution < 1.29 is 0 Å². The van der Waals surface area contributed by atoms with E-state index in [0.717, 1.165) is 22.6 Å². The van der Waals surface area contributed by atoms with Crippen molar-refractivity contribution in [3.8, 4) is 0 Å². The number of nitrogens with one attached hydrogen (secondary N) is 1. The quantitative estimate of drug-likeness (QED) is 0.659. The minimum atomic E-state index is 0.0687. The van der Waals surface area contributed by atoms with Gasteiger partial charge in [-0.2, -0.15) is 0 Å². The molecule has 1 unspecified atom stereocenters. The molecule has 2 rings (SSSR count). The van der Waals surface area contributed by atoms with Crippen LogP contribution in [0.25, 0.3) is 0 Å². The number of benzene rings is 2. The molecule has 2 nitrogen and oxygen atoms in total. The van der Waals surface area contributed by atoms with Crippen LogP contribution in [0.5, 0.6) is 0 Å². The predicted octanol–water partition coefficient (Wildman–Crippen LogP) is 3.70. The van der Waals surface area contributed by atoms with Crippen LogP contribution in [-0.4, -0.2) is 0 Å². The topological polar surface area (TPSA) is 38.0 Å². The molecule has 0 saturated heterocycles. The number of nitrogens with two attached hydrogens (primary N) is 1. The lowest BCUT2D eigenvalue weighted by Crippen LogP contribution is -2.29. The largest absolute Gasteiger partial charge is 0.271 e. The van der Waals surface area contributed by atoms with E-state index in [1.807, 2.05) is 25.1 Å². The fraction of sp³-hybridized carbons (Fsp3) is 0.250. The van der Waals surface area contributed by atoms with Crippen LogP contribution in [0.2, 0.25) is 5.02 Å². The standard InChI is InChI=1S/C16H19ClN2/c1-11-5-3-4-6-13(11)10-16(19-18)14-8-7-12(2)15(17)9-14/h3-9,16,19H,10,18H2,1-2H3. The first-order chi connectivity index (χ1) is 9.11. The van der Waals surface area contributed by atoms with Crippen LogP contribution in [0.3, 0.4) is 0 Å². The van der Waals surface area contributed by atoms with Gasteiger partial charge in [0.15, 0.2) is 0 Å². The summed E-state index contributed by atoms with van der Waals surface area (Å²) in [5, 5.41) is 0.780. The first-order valence-electron chi connectivity index (χ1n) is 6.38. The van der Waals surface area contributed by atoms with Gasteiger partial charge < -0.3 is 0 Å². The molecule has 0 aliphatic rings. The van der Waals surface area contributed by atoms with Crippen molar-refractivity contribution in [3.63, 3.8) is 0 Å². The van der Waals surface area contributed by atoms with E-state index in [1.165, 1.54) is 11.1 Å². The summed E-state index contributed by atoms with van der Waals surface area (Å²) in [7, 11) is 0. The Balaban J connectivity index is 2.25. The Morgan fingerprint density at radius 2 is 1.84 bits per heavy atom. The van der Waals surface area contributed by atoms with E-state index in [4.69, 9.17) is 17.4 Å². The number of hydrazine groups is 1. The lowest BCUT2D eigenvalue weighted by molar-refractivity contribution is 0.551. The van der Waals surface area contributed by atoms with E-state index in [9.17, 15) is 0 Å².